The molecule has 0 atom stereocenters. The summed E-state index contributed by atoms with van der Waals surface area (Å²) in [6, 6.07) is 16.6. The normalized spacial score (nSPS) is 13.8. The van der Waals surface area contributed by atoms with Crippen molar-refractivity contribution < 1.29 is 23.8 Å². The zero-order valence-corrected chi connectivity index (χ0v) is 15.9. The second-order valence-corrected chi connectivity index (χ2v) is 6.37. The van der Waals surface area contributed by atoms with Crippen molar-refractivity contribution in [3.05, 3.63) is 60.2 Å². The number of benzene rings is 2. The molecule has 0 unspecified atom stereocenters. The highest BCUT2D eigenvalue weighted by Crippen LogP contribution is 2.17. The monoisotopic (exact) mass is 384 g/mol. The predicted molar refractivity (Wildman–Crippen MR) is 103 cm³/mol. The highest BCUT2D eigenvalue weighted by Gasteiger charge is 2.25. The molecule has 1 heterocycles. The first-order valence-electron chi connectivity index (χ1n) is 9.16. The van der Waals surface area contributed by atoms with Gasteiger partial charge in [0.1, 0.15) is 18.1 Å². The van der Waals surface area contributed by atoms with E-state index in [0.29, 0.717) is 31.9 Å². The lowest BCUT2D eigenvalue weighted by Crippen LogP contribution is -2.51. The van der Waals surface area contributed by atoms with E-state index in [0.717, 1.165) is 11.3 Å². The van der Waals surface area contributed by atoms with Gasteiger partial charge in [-0.25, -0.2) is 4.79 Å². The number of carbonyl (C=O) groups is 2. The Morgan fingerprint density at radius 1 is 0.857 bits per heavy atom. The predicted octanol–water partition coefficient (Wildman–Crippen LogP) is 2.56. The summed E-state index contributed by atoms with van der Waals surface area (Å²) in [5, 5.41) is 0. The summed E-state index contributed by atoms with van der Waals surface area (Å²) in [6.07, 6.45) is -0.356. The van der Waals surface area contributed by atoms with Crippen LogP contribution in [-0.2, 0) is 16.1 Å². The quantitative estimate of drug-likeness (QED) is 0.766. The Hall–Kier alpha value is -3.22. The summed E-state index contributed by atoms with van der Waals surface area (Å²) in [7, 11) is 1.59. The van der Waals surface area contributed by atoms with Crippen LogP contribution in [0.2, 0.25) is 0 Å². The first kappa shape index (κ1) is 19.5. The van der Waals surface area contributed by atoms with Crippen molar-refractivity contribution in [1.82, 2.24) is 9.80 Å². The van der Waals surface area contributed by atoms with Gasteiger partial charge in [-0.1, -0.05) is 30.3 Å². The lowest BCUT2D eigenvalue weighted by molar-refractivity contribution is -0.135. The summed E-state index contributed by atoms with van der Waals surface area (Å²) in [5.74, 6) is 1.24. The molecule has 1 fully saturated rings. The van der Waals surface area contributed by atoms with E-state index in [-0.39, 0.29) is 25.2 Å². The van der Waals surface area contributed by atoms with E-state index in [2.05, 4.69) is 0 Å². The number of hydrogen-bond acceptors (Lipinski definition) is 5. The van der Waals surface area contributed by atoms with Crippen LogP contribution < -0.4 is 9.47 Å². The van der Waals surface area contributed by atoms with Gasteiger partial charge in [-0.2, -0.15) is 0 Å². The highest BCUT2D eigenvalue weighted by molar-refractivity contribution is 5.78. The van der Waals surface area contributed by atoms with E-state index in [1.165, 1.54) is 0 Å². The maximum atomic E-state index is 12.3. The molecule has 1 aliphatic rings. The van der Waals surface area contributed by atoms with Crippen LogP contribution in [0.4, 0.5) is 4.79 Å². The Morgan fingerprint density at radius 3 is 2.11 bits per heavy atom. The topological polar surface area (TPSA) is 68.3 Å². The minimum Gasteiger partial charge on any atom is -0.497 e. The van der Waals surface area contributed by atoms with Crippen LogP contribution in [0, 0.1) is 0 Å². The molecule has 0 bridgehead atoms. The lowest BCUT2D eigenvalue weighted by atomic mass is 10.2. The van der Waals surface area contributed by atoms with Crippen LogP contribution >= 0.6 is 0 Å². The molecule has 3 rings (SSSR count). The van der Waals surface area contributed by atoms with Gasteiger partial charge in [0.25, 0.3) is 5.91 Å². The molecular formula is C21H24N2O5. The van der Waals surface area contributed by atoms with Gasteiger partial charge in [0.15, 0.2) is 6.61 Å². The molecule has 2 aromatic rings. The van der Waals surface area contributed by atoms with Crippen LogP contribution in [0.15, 0.2) is 54.6 Å². The molecule has 1 aliphatic heterocycles. The third-order valence-corrected chi connectivity index (χ3v) is 4.52. The van der Waals surface area contributed by atoms with Crippen LogP contribution in [0.1, 0.15) is 5.56 Å². The SMILES string of the molecule is COc1ccc(OCC(=O)N2CCN(C(=O)OCc3ccccc3)CC2)cc1. The molecule has 0 aliphatic carbocycles. The van der Waals surface area contributed by atoms with E-state index in [9.17, 15) is 9.59 Å². The van der Waals surface area contributed by atoms with Crippen molar-refractivity contribution in [1.29, 1.82) is 0 Å². The largest absolute Gasteiger partial charge is 0.497 e. The number of ether oxygens (including phenoxy) is 3. The number of hydrogen-bond donors (Lipinski definition) is 0. The first-order chi connectivity index (χ1) is 13.7. The molecule has 148 valence electrons. The zero-order valence-electron chi connectivity index (χ0n) is 15.9. The summed E-state index contributed by atoms with van der Waals surface area (Å²) in [5.41, 5.74) is 0.945. The summed E-state index contributed by atoms with van der Waals surface area (Å²) >= 11 is 0. The summed E-state index contributed by atoms with van der Waals surface area (Å²) < 4.78 is 16.0. The fourth-order valence-corrected chi connectivity index (χ4v) is 2.86. The van der Waals surface area contributed by atoms with Crippen LogP contribution in [-0.4, -0.2) is 61.7 Å². The van der Waals surface area contributed by atoms with Gasteiger partial charge in [-0.15, -0.1) is 0 Å². The van der Waals surface area contributed by atoms with Gasteiger partial charge >= 0.3 is 6.09 Å². The van der Waals surface area contributed by atoms with Gasteiger partial charge in [-0.05, 0) is 29.8 Å². The number of amides is 2. The Balaban J connectivity index is 1.38. The zero-order chi connectivity index (χ0) is 19.8. The molecule has 0 saturated carbocycles. The van der Waals surface area contributed by atoms with Crippen molar-refractivity contribution in [3.8, 4) is 11.5 Å². The minimum absolute atomic E-state index is 0.0369. The molecule has 1 saturated heterocycles. The van der Waals surface area contributed by atoms with Gasteiger partial charge < -0.3 is 24.0 Å². The minimum atomic E-state index is -0.356. The van der Waals surface area contributed by atoms with E-state index in [1.54, 1.807) is 41.2 Å². The number of methoxy groups -OCH3 is 1. The standard InChI is InChI=1S/C21H24N2O5/c1-26-18-7-9-19(10-8-18)27-16-20(24)22-11-13-23(14-12-22)21(25)28-15-17-5-3-2-4-6-17/h2-10H,11-16H2,1H3. The number of carbonyl (C=O) groups excluding carboxylic acids is 2. The molecule has 2 amide bonds. The molecule has 2 aromatic carbocycles. The second-order valence-electron chi connectivity index (χ2n) is 6.37. The van der Waals surface area contributed by atoms with Crippen molar-refractivity contribution in [3.63, 3.8) is 0 Å². The van der Waals surface area contributed by atoms with Crippen molar-refractivity contribution >= 4 is 12.0 Å². The summed E-state index contributed by atoms with van der Waals surface area (Å²) in [6.45, 7) is 2.03. The fourth-order valence-electron chi connectivity index (χ4n) is 2.86. The molecule has 28 heavy (non-hydrogen) atoms. The molecule has 0 radical (unpaired) electrons. The fraction of sp³-hybridized carbons (Fsp3) is 0.333. The number of rotatable bonds is 6. The smallest absolute Gasteiger partial charge is 0.410 e. The van der Waals surface area contributed by atoms with Crippen molar-refractivity contribution in [2.45, 2.75) is 6.61 Å². The maximum absolute atomic E-state index is 12.3. The molecule has 7 nitrogen and oxygen atoms in total. The molecule has 0 N–H and O–H groups in total. The average molecular weight is 384 g/mol. The van der Waals surface area contributed by atoms with Crippen LogP contribution in [0.5, 0.6) is 11.5 Å². The Bertz CT molecular complexity index is 771. The van der Waals surface area contributed by atoms with E-state index < -0.39 is 0 Å². The van der Waals surface area contributed by atoms with Crippen LogP contribution in [0.25, 0.3) is 0 Å². The van der Waals surface area contributed by atoms with Crippen LogP contribution in [0.3, 0.4) is 0 Å². The molecular weight excluding hydrogens is 360 g/mol. The highest BCUT2D eigenvalue weighted by atomic mass is 16.6. The maximum Gasteiger partial charge on any atom is 0.410 e. The second kappa shape index (κ2) is 9.64. The Morgan fingerprint density at radius 2 is 1.46 bits per heavy atom. The summed E-state index contributed by atoms with van der Waals surface area (Å²) in [4.78, 5) is 27.8. The van der Waals surface area contributed by atoms with Crippen molar-refractivity contribution in [2.75, 3.05) is 39.9 Å². The third kappa shape index (κ3) is 5.39. The van der Waals surface area contributed by atoms with E-state index >= 15 is 0 Å². The van der Waals surface area contributed by atoms with Gasteiger partial charge in [0.2, 0.25) is 0 Å². The van der Waals surface area contributed by atoms with Gasteiger partial charge in [0.05, 0.1) is 7.11 Å². The number of piperazine rings is 1. The van der Waals surface area contributed by atoms with Gasteiger partial charge in [-0.3, -0.25) is 4.79 Å². The third-order valence-electron chi connectivity index (χ3n) is 4.52. The Kier molecular flexibility index (Phi) is 6.73. The van der Waals surface area contributed by atoms with E-state index in [1.807, 2.05) is 30.3 Å². The van der Waals surface area contributed by atoms with E-state index in [4.69, 9.17) is 14.2 Å². The van der Waals surface area contributed by atoms with Gasteiger partial charge in [0, 0.05) is 26.2 Å². The number of nitrogens with zero attached hydrogens (tertiary/aromatic N) is 2. The first-order valence-corrected chi connectivity index (χ1v) is 9.16. The molecule has 7 heteroatoms. The lowest BCUT2D eigenvalue weighted by Gasteiger charge is -2.34. The average Bonchev–Trinajstić information content (AvgIpc) is 2.77. The molecule has 0 aromatic heterocycles. The van der Waals surface area contributed by atoms with Crippen molar-refractivity contribution in [2.24, 2.45) is 0 Å². The Labute approximate surface area is 164 Å². The molecule has 0 spiro atoms.